The summed E-state index contributed by atoms with van der Waals surface area (Å²) in [6.07, 6.45) is 9.01. The maximum absolute atomic E-state index is 5.55. The van der Waals surface area contributed by atoms with Crippen LogP contribution in [0, 0.1) is 0 Å². The highest BCUT2D eigenvalue weighted by atomic mass is 16.5. The van der Waals surface area contributed by atoms with E-state index < -0.39 is 0 Å². The molecule has 3 aliphatic rings. The molecule has 5 rings (SSSR count). The number of fused-ring (bicyclic) bond motifs is 3. The van der Waals surface area contributed by atoms with Crippen LogP contribution in [0.5, 0.6) is 0 Å². The number of piperazine rings is 1. The lowest BCUT2D eigenvalue weighted by Gasteiger charge is -2.27. The van der Waals surface area contributed by atoms with Crippen LogP contribution < -0.4 is 10.6 Å². The molecule has 1 atom stereocenters. The van der Waals surface area contributed by atoms with E-state index in [0.717, 1.165) is 72.0 Å². The quantitative estimate of drug-likeness (QED) is 0.570. The van der Waals surface area contributed by atoms with Gasteiger partial charge in [0.1, 0.15) is 0 Å². The fraction of sp³-hybridized carbons (Fsp3) is 0.654. The maximum Gasteiger partial charge on any atom is 0.0784 e. The molecular weight excluding hydrogens is 412 g/mol. The van der Waals surface area contributed by atoms with Crippen LogP contribution in [0.4, 0.5) is 0 Å². The number of ether oxygens (including phenoxy) is 1. The Morgan fingerprint density at radius 2 is 1.91 bits per heavy atom. The largest absolute Gasteiger partial charge is 0.379 e. The Hall–Kier alpha value is -1.77. The van der Waals surface area contributed by atoms with Gasteiger partial charge in [-0.1, -0.05) is 13.0 Å². The van der Waals surface area contributed by atoms with Gasteiger partial charge in [-0.25, -0.2) is 0 Å². The lowest BCUT2D eigenvalue weighted by Crippen LogP contribution is -2.44. The third-order valence-electron chi connectivity index (χ3n) is 7.46. The van der Waals surface area contributed by atoms with E-state index in [0.29, 0.717) is 5.92 Å². The monoisotopic (exact) mass is 452 g/mol. The van der Waals surface area contributed by atoms with Crippen LogP contribution in [0.2, 0.25) is 0 Å². The first-order valence-electron chi connectivity index (χ1n) is 12.9. The SMILES string of the molecule is CC1CC=Cc2c1c1ccnc(CNCCCN3CCNCC3)c1n2CCN1CCOCC1. The van der Waals surface area contributed by atoms with Gasteiger partial charge in [0.2, 0.25) is 0 Å². The normalized spacial score (nSPS) is 22.2. The minimum Gasteiger partial charge on any atom is -0.379 e. The summed E-state index contributed by atoms with van der Waals surface area (Å²) in [5, 5.41) is 8.53. The molecule has 2 aliphatic heterocycles. The molecule has 180 valence electrons. The Labute approximate surface area is 198 Å². The lowest BCUT2D eigenvalue weighted by atomic mass is 9.91. The standard InChI is InChI=1S/C26H40N6O/c1-21-4-2-5-24-25(21)22-6-8-29-23(20-28-7-3-11-30-12-9-27-10-13-30)26(22)32(24)15-14-31-16-18-33-19-17-31/h2,5-6,8,21,27-28H,3-4,7,9-20H2,1H3. The smallest absolute Gasteiger partial charge is 0.0784 e. The van der Waals surface area contributed by atoms with E-state index >= 15 is 0 Å². The molecule has 2 aromatic heterocycles. The van der Waals surface area contributed by atoms with Gasteiger partial charge in [-0.2, -0.15) is 0 Å². The lowest BCUT2D eigenvalue weighted by molar-refractivity contribution is 0.0365. The first-order valence-corrected chi connectivity index (χ1v) is 12.9. The van der Waals surface area contributed by atoms with Gasteiger partial charge in [-0.3, -0.25) is 9.88 Å². The minimum atomic E-state index is 0.555. The number of morpholine rings is 1. The van der Waals surface area contributed by atoms with Crippen molar-refractivity contribution in [2.24, 2.45) is 0 Å². The number of nitrogens with zero attached hydrogens (tertiary/aromatic N) is 4. The van der Waals surface area contributed by atoms with Crippen molar-refractivity contribution in [3.63, 3.8) is 0 Å². The molecule has 2 fully saturated rings. The Morgan fingerprint density at radius 1 is 1.09 bits per heavy atom. The predicted octanol–water partition coefficient (Wildman–Crippen LogP) is 2.27. The number of rotatable bonds is 9. The van der Waals surface area contributed by atoms with Crippen molar-refractivity contribution in [3.05, 3.63) is 35.3 Å². The Bertz CT molecular complexity index is 942. The molecule has 7 heteroatoms. The van der Waals surface area contributed by atoms with Gasteiger partial charge >= 0.3 is 0 Å². The second kappa shape index (κ2) is 11.1. The summed E-state index contributed by atoms with van der Waals surface area (Å²) in [6.45, 7) is 15.9. The summed E-state index contributed by atoms with van der Waals surface area (Å²) < 4.78 is 8.10. The number of hydrogen-bond acceptors (Lipinski definition) is 6. The van der Waals surface area contributed by atoms with Crippen molar-refractivity contribution >= 4 is 17.0 Å². The zero-order chi connectivity index (χ0) is 22.5. The molecule has 2 aromatic rings. The van der Waals surface area contributed by atoms with E-state index in [4.69, 9.17) is 9.72 Å². The number of aromatic nitrogens is 2. The van der Waals surface area contributed by atoms with Crippen LogP contribution in [0.15, 0.2) is 18.3 Å². The Balaban J connectivity index is 1.31. The summed E-state index contributed by atoms with van der Waals surface area (Å²) in [5.74, 6) is 0.555. The molecule has 7 nitrogen and oxygen atoms in total. The van der Waals surface area contributed by atoms with Crippen molar-refractivity contribution in [1.29, 1.82) is 0 Å². The summed E-state index contributed by atoms with van der Waals surface area (Å²) in [4.78, 5) is 9.95. The average Bonchev–Trinajstić information content (AvgIpc) is 3.19. The number of nitrogens with one attached hydrogen (secondary N) is 2. The van der Waals surface area contributed by atoms with E-state index in [1.807, 2.05) is 6.20 Å². The first kappa shape index (κ1) is 23.0. The van der Waals surface area contributed by atoms with Crippen LogP contribution >= 0.6 is 0 Å². The van der Waals surface area contributed by atoms with Crippen molar-refractivity contribution in [3.8, 4) is 0 Å². The van der Waals surface area contributed by atoms with Crippen LogP contribution in [-0.2, 0) is 17.8 Å². The van der Waals surface area contributed by atoms with Crippen molar-refractivity contribution in [2.75, 3.05) is 72.1 Å². The van der Waals surface area contributed by atoms with Crippen molar-refractivity contribution in [2.45, 2.75) is 38.8 Å². The number of pyridine rings is 1. The maximum atomic E-state index is 5.55. The Morgan fingerprint density at radius 3 is 2.76 bits per heavy atom. The fourth-order valence-corrected chi connectivity index (χ4v) is 5.62. The number of hydrogen-bond donors (Lipinski definition) is 2. The number of allylic oxidation sites excluding steroid dienone is 1. The van der Waals surface area contributed by atoms with Gasteiger partial charge in [-0.05, 0) is 49.6 Å². The highest BCUT2D eigenvalue weighted by Crippen LogP contribution is 2.38. The Kier molecular flexibility index (Phi) is 7.74. The molecule has 2 N–H and O–H groups in total. The third kappa shape index (κ3) is 5.33. The molecule has 0 saturated carbocycles. The molecule has 0 bridgehead atoms. The van der Waals surface area contributed by atoms with E-state index in [2.05, 4.69) is 50.1 Å². The second-order valence-corrected chi connectivity index (χ2v) is 9.72. The molecule has 0 amide bonds. The first-order chi connectivity index (χ1) is 16.3. The van der Waals surface area contributed by atoms with Crippen molar-refractivity contribution in [1.82, 2.24) is 30.0 Å². The topological polar surface area (TPSA) is 57.6 Å². The van der Waals surface area contributed by atoms with Gasteiger partial charge in [0, 0.05) is 76.2 Å². The van der Waals surface area contributed by atoms with Crippen LogP contribution in [0.1, 0.15) is 42.6 Å². The molecule has 0 aromatic carbocycles. The minimum absolute atomic E-state index is 0.555. The summed E-state index contributed by atoms with van der Waals surface area (Å²) in [6, 6.07) is 2.24. The van der Waals surface area contributed by atoms with Crippen LogP contribution in [0.25, 0.3) is 17.0 Å². The second-order valence-electron chi connectivity index (χ2n) is 9.72. The van der Waals surface area contributed by atoms with Gasteiger partial charge < -0.3 is 24.8 Å². The average molecular weight is 453 g/mol. The van der Waals surface area contributed by atoms with E-state index in [-0.39, 0.29) is 0 Å². The van der Waals surface area contributed by atoms with Gasteiger partial charge in [0.25, 0.3) is 0 Å². The van der Waals surface area contributed by atoms with Crippen LogP contribution in [-0.4, -0.2) is 91.5 Å². The van der Waals surface area contributed by atoms with Crippen molar-refractivity contribution < 1.29 is 4.74 Å². The van der Waals surface area contributed by atoms with E-state index in [1.165, 1.54) is 53.9 Å². The summed E-state index contributed by atoms with van der Waals surface area (Å²) in [7, 11) is 0. The third-order valence-corrected chi connectivity index (χ3v) is 7.46. The molecule has 4 heterocycles. The van der Waals surface area contributed by atoms with Gasteiger partial charge in [0.15, 0.2) is 0 Å². The summed E-state index contributed by atoms with van der Waals surface area (Å²) >= 11 is 0. The van der Waals surface area contributed by atoms with E-state index in [9.17, 15) is 0 Å². The molecule has 1 unspecified atom stereocenters. The van der Waals surface area contributed by atoms with Gasteiger partial charge in [0.05, 0.1) is 24.4 Å². The molecule has 0 spiro atoms. The molecule has 1 aliphatic carbocycles. The zero-order valence-electron chi connectivity index (χ0n) is 20.2. The van der Waals surface area contributed by atoms with Crippen LogP contribution in [0.3, 0.4) is 0 Å². The zero-order valence-corrected chi connectivity index (χ0v) is 20.2. The molecular formula is C26H40N6O. The highest BCUT2D eigenvalue weighted by Gasteiger charge is 2.24. The predicted molar refractivity (Wildman–Crippen MR) is 135 cm³/mol. The molecule has 33 heavy (non-hydrogen) atoms. The molecule has 2 saturated heterocycles. The fourth-order valence-electron chi connectivity index (χ4n) is 5.62. The van der Waals surface area contributed by atoms with E-state index in [1.54, 1.807) is 0 Å². The highest BCUT2D eigenvalue weighted by molar-refractivity contribution is 5.90. The summed E-state index contributed by atoms with van der Waals surface area (Å²) in [5.41, 5.74) is 5.43. The van der Waals surface area contributed by atoms with Gasteiger partial charge in [-0.15, -0.1) is 0 Å². The molecule has 0 radical (unpaired) electrons.